The van der Waals surface area contributed by atoms with Crippen molar-refractivity contribution in [3.8, 4) is 0 Å². The topological polar surface area (TPSA) is 37.4 Å². The quantitative estimate of drug-likeness (QED) is 0.857. The summed E-state index contributed by atoms with van der Waals surface area (Å²) >= 11 is 0. The van der Waals surface area contributed by atoms with Gasteiger partial charge in [0.25, 0.3) is 0 Å². The van der Waals surface area contributed by atoms with E-state index in [1.807, 2.05) is 12.1 Å². The van der Waals surface area contributed by atoms with E-state index in [0.717, 1.165) is 19.5 Å². The fourth-order valence-corrected chi connectivity index (χ4v) is 3.90. The van der Waals surface area contributed by atoms with Crippen molar-refractivity contribution >= 4 is 9.84 Å². The predicted octanol–water partition coefficient (Wildman–Crippen LogP) is 2.93. The third-order valence-corrected chi connectivity index (χ3v) is 5.35. The Kier molecular flexibility index (Phi) is 4.86. The number of likely N-dealkylation sites (tertiary alicyclic amines) is 1. The summed E-state index contributed by atoms with van der Waals surface area (Å²) in [6, 6.07) is 7.50. The van der Waals surface area contributed by atoms with E-state index in [-0.39, 0.29) is 0 Å². The standard InChI is InChI=1S/C16H25NO2S/c1-4-9-17-10-8-16(13(2)12-17)14-6-5-7-15(11-14)20(3,18)19/h5-7,11,13,16H,4,8-10,12H2,1-3H3/t13-,16+/m1/s1. The summed E-state index contributed by atoms with van der Waals surface area (Å²) in [6.07, 6.45) is 3.59. The first-order valence-corrected chi connectivity index (χ1v) is 9.33. The number of benzene rings is 1. The van der Waals surface area contributed by atoms with Gasteiger partial charge in [-0.2, -0.15) is 0 Å². The Bertz CT molecular complexity index is 553. The van der Waals surface area contributed by atoms with E-state index in [1.165, 1.54) is 24.8 Å². The van der Waals surface area contributed by atoms with Gasteiger partial charge in [-0.05, 0) is 55.5 Å². The molecule has 2 atom stereocenters. The number of hydrogen-bond acceptors (Lipinski definition) is 3. The second kappa shape index (κ2) is 6.27. The van der Waals surface area contributed by atoms with E-state index in [4.69, 9.17) is 0 Å². The third-order valence-electron chi connectivity index (χ3n) is 4.24. The first-order valence-electron chi connectivity index (χ1n) is 7.44. The lowest BCUT2D eigenvalue weighted by molar-refractivity contribution is 0.163. The molecule has 112 valence electrons. The molecule has 1 heterocycles. The Morgan fingerprint density at radius 3 is 2.70 bits per heavy atom. The van der Waals surface area contributed by atoms with E-state index in [0.29, 0.717) is 16.7 Å². The molecule has 1 aliphatic heterocycles. The summed E-state index contributed by atoms with van der Waals surface area (Å²) in [5.41, 5.74) is 1.18. The normalized spacial score (nSPS) is 24.8. The van der Waals surface area contributed by atoms with Gasteiger partial charge in [-0.25, -0.2) is 8.42 Å². The van der Waals surface area contributed by atoms with Gasteiger partial charge in [0.15, 0.2) is 9.84 Å². The summed E-state index contributed by atoms with van der Waals surface area (Å²) in [5, 5.41) is 0. The second-order valence-corrected chi connectivity index (χ2v) is 8.03. The van der Waals surface area contributed by atoms with Crippen LogP contribution in [0.5, 0.6) is 0 Å². The van der Waals surface area contributed by atoms with Crippen LogP contribution in [-0.4, -0.2) is 39.2 Å². The van der Waals surface area contributed by atoms with Gasteiger partial charge in [-0.15, -0.1) is 0 Å². The van der Waals surface area contributed by atoms with Gasteiger partial charge in [0.2, 0.25) is 0 Å². The van der Waals surface area contributed by atoms with Crippen LogP contribution in [0.4, 0.5) is 0 Å². The van der Waals surface area contributed by atoms with Crippen LogP contribution in [0.15, 0.2) is 29.2 Å². The molecule has 3 nitrogen and oxygen atoms in total. The van der Waals surface area contributed by atoms with Crippen molar-refractivity contribution in [2.24, 2.45) is 5.92 Å². The van der Waals surface area contributed by atoms with Crippen molar-refractivity contribution in [3.05, 3.63) is 29.8 Å². The number of nitrogens with zero attached hydrogens (tertiary/aromatic N) is 1. The van der Waals surface area contributed by atoms with Crippen LogP contribution in [0, 0.1) is 5.92 Å². The molecular weight excluding hydrogens is 270 g/mol. The Hall–Kier alpha value is -0.870. The van der Waals surface area contributed by atoms with Crippen molar-refractivity contribution in [2.45, 2.75) is 37.5 Å². The SMILES string of the molecule is CCCN1CC[C@H](c2cccc(S(C)(=O)=O)c2)[C@H](C)C1. The van der Waals surface area contributed by atoms with E-state index in [2.05, 4.69) is 24.8 Å². The summed E-state index contributed by atoms with van der Waals surface area (Å²) in [7, 11) is -3.11. The molecule has 1 aromatic rings. The molecule has 1 aliphatic rings. The van der Waals surface area contributed by atoms with Gasteiger partial charge in [0, 0.05) is 12.8 Å². The number of sulfone groups is 1. The van der Waals surface area contributed by atoms with Crippen molar-refractivity contribution in [2.75, 3.05) is 25.9 Å². The molecule has 0 N–H and O–H groups in total. The summed E-state index contributed by atoms with van der Waals surface area (Å²) in [6.45, 7) is 7.89. The van der Waals surface area contributed by atoms with Crippen LogP contribution < -0.4 is 0 Å². The molecule has 0 bridgehead atoms. The highest BCUT2D eigenvalue weighted by atomic mass is 32.2. The molecular formula is C16H25NO2S. The molecule has 0 unspecified atom stereocenters. The average molecular weight is 295 g/mol. The molecule has 1 saturated heterocycles. The molecule has 0 spiro atoms. The molecule has 0 radical (unpaired) electrons. The van der Waals surface area contributed by atoms with Gasteiger partial charge < -0.3 is 4.90 Å². The van der Waals surface area contributed by atoms with Crippen LogP contribution in [-0.2, 0) is 9.84 Å². The average Bonchev–Trinajstić information content (AvgIpc) is 2.38. The van der Waals surface area contributed by atoms with E-state index < -0.39 is 9.84 Å². The molecule has 2 rings (SSSR count). The number of rotatable bonds is 4. The van der Waals surface area contributed by atoms with Crippen LogP contribution in [0.1, 0.15) is 38.2 Å². The van der Waals surface area contributed by atoms with Gasteiger partial charge in [0.1, 0.15) is 0 Å². The van der Waals surface area contributed by atoms with Gasteiger partial charge in [-0.1, -0.05) is 26.0 Å². The number of hydrogen-bond donors (Lipinski definition) is 0. The lowest BCUT2D eigenvalue weighted by atomic mass is 9.81. The zero-order valence-electron chi connectivity index (χ0n) is 12.7. The molecule has 0 aliphatic carbocycles. The lowest BCUT2D eigenvalue weighted by Gasteiger charge is -2.37. The summed E-state index contributed by atoms with van der Waals surface area (Å²) < 4.78 is 23.4. The largest absolute Gasteiger partial charge is 0.303 e. The van der Waals surface area contributed by atoms with E-state index in [9.17, 15) is 8.42 Å². The Balaban J connectivity index is 2.17. The highest BCUT2D eigenvalue weighted by molar-refractivity contribution is 7.90. The van der Waals surface area contributed by atoms with Crippen LogP contribution >= 0.6 is 0 Å². The maximum Gasteiger partial charge on any atom is 0.175 e. The highest BCUT2D eigenvalue weighted by Gasteiger charge is 2.27. The number of piperidine rings is 1. The van der Waals surface area contributed by atoms with Crippen LogP contribution in [0.3, 0.4) is 0 Å². The van der Waals surface area contributed by atoms with Gasteiger partial charge in [-0.3, -0.25) is 0 Å². The fourth-order valence-electron chi connectivity index (χ4n) is 3.22. The van der Waals surface area contributed by atoms with Gasteiger partial charge in [0.05, 0.1) is 4.90 Å². The highest BCUT2D eigenvalue weighted by Crippen LogP contribution is 2.33. The molecule has 4 heteroatoms. The smallest absolute Gasteiger partial charge is 0.175 e. The molecule has 20 heavy (non-hydrogen) atoms. The minimum atomic E-state index is -3.11. The Morgan fingerprint density at radius 2 is 2.10 bits per heavy atom. The molecule has 0 amide bonds. The predicted molar refractivity (Wildman–Crippen MR) is 82.8 cm³/mol. The van der Waals surface area contributed by atoms with E-state index >= 15 is 0 Å². The summed E-state index contributed by atoms with van der Waals surface area (Å²) in [5.74, 6) is 1.05. The van der Waals surface area contributed by atoms with Crippen molar-refractivity contribution < 1.29 is 8.42 Å². The van der Waals surface area contributed by atoms with Crippen molar-refractivity contribution in [1.82, 2.24) is 4.90 Å². The van der Waals surface area contributed by atoms with Crippen LogP contribution in [0.25, 0.3) is 0 Å². The second-order valence-electron chi connectivity index (χ2n) is 6.02. The zero-order valence-corrected chi connectivity index (χ0v) is 13.5. The first-order chi connectivity index (χ1) is 9.41. The first kappa shape index (κ1) is 15.5. The summed E-state index contributed by atoms with van der Waals surface area (Å²) in [4.78, 5) is 2.96. The van der Waals surface area contributed by atoms with Gasteiger partial charge >= 0.3 is 0 Å². The van der Waals surface area contributed by atoms with Crippen LogP contribution in [0.2, 0.25) is 0 Å². The minimum Gasteiger partial charge on any atom is -0.303 e. The fraction of sp³-hybridized carbons (Fsp3) is 0.625. The maximum absolute atomic E-state index is 11.7. The zero-order chi connectivity index (χ0) is 14.8. The monoisotopic (exact) mass is 295 g/mol. The Morgan fingerprint density at radius 1 is 1.35 bits per heavy atom. The third kappa shape index (κ3) is 3.61. The van der Waals surface area contributed by atoms with Crippen molar-refractivity contribution in [3.63, 3.8) is 0 Å². The van der Waals surface area contributed by atoms with E-state index in [1.54, 1.807) is 6.07 Å². The molecule has 0 aromatic heterocycles. The minimum absolute atomic E-state index is 0.443. The molecule has 1 fully saturated rings. The molecule has 1 aromatic carbocycles. The van der Waals surface area contributed by atoms with Crippen molar-refractivity contribution in [1.29, 1.82) is 0 Å². The molecule has 0 saturated carbocycles. The lowest BCUT2D eigenvalue weighted by Crippen LogP contribution is -2.38. The Labute approximate surface area is 122 Å². The maximum atomic E-state index is 11.7.